The highest BCUT2D eigenvalue weighted by Gasteiger charge is 2.31. The molecule has 0 aliphatic carbocycles. The van der Waals surface area contributed by atoms with Crippen LogP contribution in [0.4, 0.5) is 11.4 Å². The Kier molecular flexibility index (Phi) is 8.94. The Balaban J connectivity index is 1.64. The summed E-state index contributed by atoms with van der Waals surface area (Å²) in [6.45, 7) is 8.72. The molecule has 2 amide bonds. The number of carbonyl (C=O) groups excluding carboxylic acids is 2. The van der Waals surface area contributed by atoms with Gasteiger partial charge in [0.15, 0.2) is 9.84 Å². The first-order chi connectivity index (χ1) is 16.6. The minimum atomic E-state index is -3.54. The van der Waals surface area contributed by atoms with Crippen LogP contribution in [0.25, 0.3) is 0 Å². The predicted molar refractivity (Wildman–Crippen MR) is 142 cm³/mol. The third-order valence-corrected chi connectivity index (χ3v) is 8.17. The molecule has 0 radical (unpaired) electrons. The van der Waals surface area contributed by atoms with Crippen molar-refractivity contribution in [3.63, 3.8) is 0 Å². The molecule has 0 fully saturated rings. The summed E-state index contributed by atoms with van der Waals surface area (Å²) < 4.78 is 25.8. The highest BCUT2D eigenvalue weighted by molar-refractivity contribution is 7.90. The average Bonchev–Trinajstić information content (AvgIpc) is 2.81. The Morgan fingerprint density at radius 1 is 1.09 bits per heavy atom. The number of hydrogen-bond donors (Lipinski definition) is 3. The van der Waals surface area contributed by atoms with Crippen molar-refractivity contribution < 1.29 is 18.0 Å². The molecule has 7 nitrogen and oxygen atoms in total. The summed E-state index contributed by atoms with van der Waals surface area (Å²) in [5.41, 5.74) is 4.18. The van der Waals surface area contributed by atoms with Crippen molar-refractivity contribution in [3.8, 4) is 0 Å². The highest BCUT2D eigenvalue weighted by atomic mass is 32.2. The van der Waals surface area contributed by atoms with Crippen LogP contribution in [-0.2, 0) is 20.4 Å². The zero-order valence-electron chi connectivity index (χ0n) is 21.1. The van der Waals surface area contributed by atoms with Crippen molar-refractivity contribution in [1.82, 2.24) is 5.32 Å². The van der Waals surface area contributed by atoms with Crippen LogP contribution in [0.1, 0.15) is 66.6 Å². The van der Waals surface area contributed by atoms with Crippen molar-refractivity contribution in [2.75, 3.05) is 22.9 Å². The number of hydrogen-bond acceptors (Lipinski definition) is 5. The van der Waals surface area contributed by atoms with Crippen LogP contribution in [0, 0.1) is 19.8 Å². The number of benzene rings is 2. The normalized spacial score (nSPS) is 16.1. The van der Waals surface area contributed by atoms with Gasteiger partial charge in [0.05, 0.1) is 22.9 Å². The molecule has 8 heteroatoms. The summed E-state index contributed by atoms with van der Waals surface area (Å²) in [6, 6.07) is 9.85. The number of carbonyl (C=O) groups is 2. The third kappa shape index (κ3) is 7.31. The van der Waals surface area contributed by atoms with Gasteiger partial charge in [-0.25, -0.2) is 8.42 Å². The van der Waals surface area contributed by atoms with Gasteiger partial charge in [0.2, 0.25) is 5.91 Å². The Labute approximate surface area is 209 Å². The van der Waals surface area contributed by atoms with Gasteiger partial charge in [0.25, 0.3) is 5.91 Å². The molecule has 0 saturated carbocycles. The Hall–Kier alpha value is -2.87. The second-order valence-electron chi connectivity index (χ2n) is 9.56. The first-order valence-corrected chi connectivity index (χ1v) is 14.2. The number of unbranched alkanes of at least 4 members (excludes halogenated alkanes) is 1. The topological polar surface area (TPSA) is 104 Å². The summed E-state index contributed by atoms with van der Waals surface area (Å²) in [5, 5.41) is 8.81. The molecule has 1 aliphatic rings. The molecule has 0 aromatic heterocycles. The first kappa shape index (κ1) is 26.7. The van der Waals surface area contributed by atoms with E-state index in [1.165, 1.54) is 0 Å². The van der Waals surface area contributed by atoms with Crippen LogP contribution in [0.15, 0.2) is 36.4 Å². The molecule has 0 spiro atoms. The van der Waals surface area contributed by atoms with E-state index >= 15 is 0 Å². The molecule has 1 aliphatic heterocycles. The van der Waals surface area contributed by atoms with E-state index in [4.69, 9.17) is 0 Å². The van der Waals surface area contributed by atoms with Gasteiger partial charge >= 0.3 is 0 Å². The summed E-state index contributed by atoms with van der Waals surface area (Å²) in [6.07, 6.45) is 4.38. The van der Waals surface area contributed by atoms with Crippen molar-refractivity contribution in [2.24, 2.45) is 5.92 Å². The molecule has 3 N–H and O–H groups in total. The Bertz CT molecular complexity index is 1180. The number of anilines is 2. The van der Waals surface area contributed by atoms with E-state index < -0.39 is 21.8 Å². The van der Waals surface area contributed by atoms with Crippen molar-refractivity contribution in [2.45, 2.75) is 65.2 Å². The summed E-state index contributed by atoms with van der Waals surface area (Å²) in [4.78, 5) is 25.4. The molecule has 190 valence electrons. The van der Waals surface area contributed by atoms with Crippen molar-refractivity contribution in [3.05, 3.63) is 58.7 Å². The van der Waals surface area contributed by atoms with Crippen LogP contribution < -0.4 is 16.0 Å². The van der Waals surface area contributed by atoms with E-state index in [1.54, 1.807) is 18.2 Å². The van der Waals surface area contributed by atoms with Crippen LogP contribution in [-0.4, -0.2) is 38.6 Å². The zero-order valence-corrected chi connectivity index (χ0v) is 21.9. The average molecular weight is 500 g/mol. The lowest BCUT2D eigenvalue weighted by Gasteiger charge is -2.27. The van der Waals surface area contributed by atoms with Gasteiger partial charge in [-0.1, -0.05) is 56.9 Å². The van der Waals surface area contributed by atoms with Gasteiger partial charge in [-0.05, 0) is 55.5 Å². The minimum absolute atomic E-state index is 0.116. The van der Waals surface area contributed by atoms with Crippen LogP contribution in [0.3, 0.4) is 0 Å². The van der Waals surface area contributed by atoms with Gasteiger partial charge in [-0.15, -0.1) is 0 Å². The fraction of sp³-hybridized carbons (Fsp3) is 0.481. The number of nitrogens with one attached hydrogen (secondary N) is 3. The lowest BCUT2D eigenvalue weighted by molar-refractivity contribution is -0.116. The lowest BCUT2D eigenvalue weighted by atomic mass is 9.99. The molecular formula is C27H37N3O4S. The smallest absolute Gasteiger partial charge is 0.251 e. The maximum absolute atomic E-state index is 12.9. The monoisotopic (exact) mass is 499 g/mol. The summed E-state index contributed by atoms with van der Waals surface area (Å²) in [5.74, 6) is -0.594. The summed E-state index contributed by atoms with van der Waals surface area (Å²) in [7, 11) is -3.54. The molecule has 0 saturated heterocycles. The van der Waals surface area contributed by atoms with Crippen LogP contribution in [0.2, 0.25) is 0 Å². The van der Waals surface area contributed by atoms with Gasteiger partial charge < -0.3 is 16.0 Å². The fourth-order valence-corrected chi connectivity index (χ4v) is 5.94. The second-order valence-corrected chi connectivity index (χ2v) is 11.7. The second kappa shape index (κ2) is 11.7. The first-order valence-electron chi connectivity index (χ1n) is 12.4. The maximum Gasteiger partial charge on any atom is 0.251 e. The lowest BCUT2D eigenvalue weighted by Crippen LogP contribution is -2.43. The van der Waals surface area contributed by atoms with Crippen molar-refractivity contribution >= 4 is 33.0 Å². The highest BCUT2D eigenvalue weighted by Crippen LogP contribution is 2.29. The third-order valence-electron chi connectivity index (χ3n) is 6.58. The van der Waals surface area contributed by atoms with Gasteiger partial charge in [0.1, 0.15) is 6.04 Å². The van der Waals surface area contributed by atoms with E-state index in [0.717, 1.165) is 42.4 Å². The van der Waals surface area contributed by atoms with Gasteiger partial charge in [-0.2, -0.15) is 0 Å². The molecule has 0 bridgehead atoms. The van der Waals surface area contributed by atoms with E-state index in [0.29, 0.717) is 29.4 Å². The van der Waals surface area contributed by atoms with Crippen molar-refractivity contribution in [1.29, 1.82) is 0 Å². The number of fused-ring (bicyclic) bond motifs is 1. The van der Waals surface area contributed by atoms with Crippen LogP contribution >= 0.6 is 0 Å². The van der Waals surface area contributed by atoms with Gasteiger partial charge in [-0.3, -0.25) is 9.59 Å². The SMILES string of the molecule is CCCC[C@H](CC)CNC(=O)c1ccc2c(c1)NC(=O)[C@@H](CS(=O)(=O)Cc1cc(C)ccc1C)N2. The van der Waals surface area contributed by atoms with Gasteiger partial charge in [0, 0.05) is 12.1 Å². The molecule has 2 aromatic rings. The molecule has 0 unspecified atom stereocenters. The number of sulfone groups is 1. The molecule has 2 aromatic carbocycles. The Morgan fingerprint density at radius 3 is 2.57 bits per heavy atom. The van der Waals surface area contributed by atoms with E-state index in [2.05, 4.69) is 29.8 Å². The molecule has 2 atom stereocenters. The van der Waals surface area contributed by atoms with Crippen LogP contribution in [0.5, 0.6) is 0 Å². The van der Waals surface area contributed by atoms with E-state index in [-0.39, 0.29) is 17.4 Å². The molecule has 35 heavy (non-hydrogen) atoms. The largest absolute Gasteiger partial charge is 0.371 e. The number of aryl methyl sites for hydroxylation is 2. The molecule has 1 heterocycles. The van der Waals surface area contributed by atoms with E-state index in [1.807, 2.05) is 32.0 Å². The van der Waals surface area contributed by atoms with E-state index in [9.17, 15) is 18.0 Å². The number of rotatable bonds is 11. The standard InChI is InChI=1S/C27H37N3O4S/c1-5-7-8-20(6-2)15-28-26(31)21-11-12-23-24(14-21)30-27(32)25(29-23)17-35(33,34)16-22-13-18(3)9-10-19(22)4/h9-14,20,25,29H,5-8,15-17H2,1-4H3,(H,28,31)(H,30,32)/t20-,25+/m0/s1. The quantitative estimate of drug-likeness (QED) is 0.419. The summed E-state index contributed by atoms with van der Waals surface area (Å²) >= 11 is 0. The fourth-order valence-electron chi connectivity index (χ4n) is 4.29. The molecule has 3 rings (SSSR count). The molecular weight excluding hydrogens is 462 g/mol. The number of amides is 2. The maximum atomic E-state index is 12.9. The minimum Gasteiger partial charge on any atom is -0.371 e. The Morgan fingerprint density at radius 2 is 1.86 bits per heavy atom. The predicted octanol–water partition coefficient (Wildman–Crippen LogP) is 4.60. The zero-order chi connectivity index (χ0) is 25.6.